The minimum Gasteiger partial charge on any atom is -0.392 e. The van der Waals surface area contributed by atoms with Crippen molar-refractivity contribution in [2.75, 3.05) is 0 Å². The molecule has 3 rings (SSSR count). The minimum absolute atomic E-state index is 0.189. The van der Waals surface area contributed by atoms with Crippen LogP contribution in [0.2, 0.25) is 0 Å². The molecule has 0 aliphatic heterocycles. The molecule has 22 heavy (non-hydrogen) atoms. The lowest BCUT2D eigenvalue weighted by molar-refractivity contribution is 0.0392. The van der Waals surface area contributed by atoms with Crippen LogP contribution in [0.3, 0.4) is 0 Å². The molecule has 4 heteroatoms. The van der Waals surface area contributed by atoms with Gasteiger partial charge < -0.3 is 10.4 Å². The van der Waals surface area contributed by atoms with Crippen LogP contribution >= 0.6 is 0 Å². The van der Waals surface area contributed by atoms with Crippen molar-refractivity contribution in [1.82, 2.24) is 15.1 Å². The molecule has 2 aliphatic carbocycles. The van der Waals surface area contributed by atoms with E-state index in [9.17, 15) is 5.11 Å². The summed E-state index contributed by atoms with van der Waals surface area (Å²) >= 11 is 0. The molecule has 0 radical (unpaired) electrons. The molecule has 2 saturated carbocycles. The fraction of sp³-hybridized carbons (Fsp3) is 0.833. The summed E-state index contributed by atoms with van der Waals surface area (Å²) in [5.74, 6) is 0.831. The van der Waals surface area contributed by atoms with E-state index in [0.717, 1.165) is 31.7 Å². The molecule has 1 aromatic heterocycles. The summed E-state index contributed by atoms with van der Waals surface area (Å²) in [6, 6.07) is 0.428. The third kappa shape index (κ3) is 3.72. The zero-order chi connectivity index (χ0) is 15.7. The predicted octanol–water partition coefficient (Wildman–Crippen LogP) is 3.27. The van der Waals surface area contributed by atoms with Crippen molar-refractivity contribution in [2.45, 2.75) is 84.0 Å². The normalized spacial score (nSPS) is 30.0. The highest BCUT2D eigenvalue weighted by Crippen LogP contribution is 2.36. The number of aliphatic hydroxyl groups excluding tert-OH is 1. The Labute approximate surface area is 134 Å². The van der Waals surface area contributed by atoms with Crippen LogP contribution in [0.5, 0.6) is 0 Å². The SMILES string of the molecule is CC(N[C@@H]1CC(C)(C)CC[C@H]1O)c1cnn(CC2CCC2)c1. The molecule has 0 aromatic carbocycles. The molecular weight excluding hydrogens is 274 g/mol. The number of hydrogen-bond donors (Lipinski definition) is 2. The van der Waals surface area contributed by atoms with Crippen LogP contribution in [0.25, 0.3) is 0 Å². The Bertz CT molecular complexity index is 492. The van der Waals surface area contributed by atoms with Gasteiger partial charge in [-0.3, -0.25) is 4.68 Å². The van der Waals surface area contributed by atoms with Crippen molar-refractivity contribution >= 4 is 0 Å². The third-order valence-electron chi connectivity index (χ3n) is 5.64. The highest BCUT2D eigenvalue weighted by atomic mass is 16.3. The van der Waals surface area contributed by atoms with Gasteiger partial charge in [-0.15, -0.1) is 0 Å². The Kier molecular flexibility index (Phi) is 4.60. The number of hydrogen-bond acceptors (Lipinski definition) is 3. The molecule has 0 amide bonds. The Morgan fingerprint density at radius 2 is 2.18 bits per heavy atom. The van der Waals surface area contributed by atoms with Crippen molar-refractivity contribution in [2.24, 2.45) is 11.3 Å². The summed E-state index contributed by atoms with van der Waals surface area (Å²) in [6.07, 6.45) is 11.1. The Balaban J connectivity index is 1.57. The van der Waals surface area contributed by atoms with Crippen LogP contribution in [-0.4, -0.2) is 27.0 Å². The summed E-state index contributed by atoms with van der Waals surface area (Å²) in [4.78, 5) is 0. The fourth-order valence-electron chi connectivity index (χ4n) is 3.80. The third-order valence-corrected chi connectivity index (χ3v) is 5.64. The molecule has 2 N–H and O–H groups in total. The van der Waals surface area contributed by atoms with E-state index in [1.807, 2.05) is 6.20 Å². The molecular formula is C18H31N3O. The van der Waals surface area contributed by atoms with Crippen molar-refractivity contribution < 1.29 is 5.11 Å². The standard InChI is InChI=1S/C18H31N3O/c1-13(20-16-9-18(2,3)8-7-17(16)22)15-10-19-21(12-15)11-14-5-4-6-14/h10,12-14,16-17,20,22H,4-9,11H2,1-3H3/t13?,16-,17-/m1/s1. The number of rotatable bonds is 5. The summed E-state index contributed by atoms with van der Waals surface area (Å²) in [6.45, 7) is 7.84. The largest absolute Gasteiger partial charge is 0.392 e. The van der Waals surface area contributed by atoms with Crippen molar-refractivity contribution in [3.63, 3.8) is 0 Å². The second-order valence-electron chi connectivity index (χ2n) is 8.26. The first-order chi connectivity index (χ1) is 10.4. The molecule has 1 aromatic rings. The zero-order valence-electron chi connectivity index (χ0n) is 14.3. The lowest BCUT2D eigenvalue weighted by Crippen LogP contribution is -2.47. The molecule has 1 heterocycles. The Morgan fingerprint density at radius 3 is 2.86 bits per heavy atom. The molecule has 0 spiro atoms. The molecule has 0 bridgehead atoms. The van der Waals surface area contributed by atoms with Gasteiger partial charge >= 0.3 is 0 Å². The summed E-state index contributed by atoms with van der Waals surface area (Å²) in [7, 11) is 0. The lowest BCUT2D eigenvalue weighted by Gasteiger charge is -2.40. The van der Waals surface area contributed by atoms with Gasteiger partial charge in [0, 0.05) is 30.4 Å². The highest BCUT2D eigenvalue weighted by molar-refractivity contribution is 5.10. The maximum atomic E-state index is 10.3. The quantitative estimate of drug-likeness (QED) is 0.878. The maximum Gasteiger partial charge on any atom is 0.0693 e. The maximum absolute atomic E-state index is 10.3. The van der Waals surface area contributed by atoms with E-state index >= 15 is 0 Å². The van der Waals surface area contributed by atoms with Crippen LogP contribution in [0.1, 0.15) is 70.9 Å². The summed E-state index contributed by atoms with van der Waals surface area (Å²) in [5, 5.41) is 18.4. The van der Waals surface area contributed by atoms with Gasteiger partial charge in [0.15, 0.2) is 0 Å². The van der Waals surface area contributed by atoms with E-state index in [-0.39, 0.29) is 18.2 Å². The molecule has 0 saturated heterocycles. The van der Waals surface area contributed by atoms with Gasteiger partial charge in [0.05, 0.1) is 12.3 Å². The second-order valence-corrected chi connectivity index (χ2v) is 8.26. The minimum atomic E-state index is -0.222. The van der Waals surface area contributed by atoms with Gasteiger partial charge in [-0.05, 0) is 50.4 Å². The Hall–Kier alpha value is -0.870. The molecule has 2 fully saturated rings. The molecule has 3 atom stereocenters. The van der Waals surface area contributed by atoms with Crippen molar-refractivity contribution in [3.05, 3.63) is 18.0 Å². The van der Waals surface area contributed by atoms with E-state index < -0.39 is 0 Å². The Morgan fingerprint density at radius 1 is 1.41 bits per heavy atom. The van der Waals surface area contributed by atoms with Crippen LogP contribution in [-0.2, 0) is 6.54 Å². The number of nitrogens with one attached hydrogen (secondary N) is 1. The van der Waals surface area contributed by atoms with Gasteiger partial charge in [-0.25, -0.2) is 0 Å². The van der Waals surface area contributed by atoms with Gasteiger partial charge in [0.25, 0.3) is 0 Å². The first-order valence-corrected chi connectivity index (χ1v) is 8.89. The van der Waals surface area contributed by atoms with Crippen LogP contribution < -0.4 is 5.32 Å². The fourth-order valence-corrected chi connectivity index (χ4v) is 3.80. The highest BCUT2D eigenvalue weighted by Gasteiger charge is 2.34. The van der Waals surface area contributed by atoms with Crippen LogP contribution in [0.4, 0.5) is 0 Å². The summed E-state index contributed by atoms with van der Waals surface area (Å²) < 4.78 is 2.10. The van der Waals surface area contributed by atoms with E-state index in [1.165, 1.54) is 24.8 Å². The predicted molar refractivity (Wildman–Crippen MR) is 88.5 cm³/mol. The summed E-state index contributed by atoms with van der Waals surface area (Å²) in [5.41, 5.74) is 1.56. The number of aliphatic hydroxyl groups is 1. The second kappa shape index (κ2) is 6.32. The monoisotopic (exact) mass is 305 g/mol. The molecule has 1 unspecified atom stereocenters. The van der Waals surface area contributed by atoms with E-state index in [1.54, 1.807) is 0 Å². The van der Waals surface area contributed by atoms with E-state index in [0.29, 0.717) is 5.41 Å². The van der Waals surface area contributed by atoms with Gasteiger partial charge in [0.1, 0.15) is 0 Å². The zero-order valence-corrected chi connectivity index (χ0v) is 14.3. The molecule has 2 aliphatic rings. The van der Waals surface area contributed by atoms with E-state index in [2.05, 4.69) is 42.1 Å². The first kappa shape index (κ1) is 16.0. The average Bonchev–Trinajstić information content (AvgIpc) is 2.87. The van der Waals surface area contributed by atoms with Crippen LogP contribution in [0, 0.1) is 11.3 Å². The van der Waals surface area contributed by atoms with E-state index in [4.69, 9.17) is 0 Å². The first-order valence-electron chi connectivity index (χ1n) is 8.89. The van der Waals surface area contributed by atoms with Crippen LogP contribution in [0.15, 0.2) is 12.4 Å². The van der Waals surface area contributed by atoms with Crippen molar-refractivity contribution in [3.8, 4) is 0 Å². The topological polar surface area (TPSA) is 50.1 Å². The smallest absolute Gasteiger partial charge is 0.0693 e. The lowest BCUT2D eigenvalue weighted by atomic mass is 9.73. The van der Waals surface area contributed by atoms with Crippen molar-refractivity contribution in [1.29, 1.82) is 0 Å². The average molecular weight is 305 g/mol. The van der Waals surface area contributed by atoms with Gasteiger partial charge in [-0.1, -0.05) is 20.3 Å². The van der Waals surface area contributed by atoms with Gasteiger partial charge in [-0.2, -0.15) is 5.10 Å². The molecule has 4 nitrogen and oxygen atoms in total. The number of aromatic nitrogens is 2. The number of nitrogens with zero attached hydrogens (tertiary/aromatic N) is 2. The van der Waals surface area contributed by atoms with Gasteiger partial charge in [0.2, 0.25) is 0 Å². The molecule has 124 valence electrons.